The van der Waals surface area contributed by atoms with Crippen molar-refractivity contribution in [2.75, 3.05) is 0 Å². The average molecular weight is 277 g/mol. The number of nitrogens with zero attached hydrogens (tertiary/aromatic N) is 2. The fourth-order valence-electron chi connectivity index (χ4n) is 2.75. The van der Waals surface area contributed by atoms with E-state index in [9.17, 15) is 0 Å². The van der Waals surface area contributed by atoms with E-state index in [4.69, 9.17) is 0 Å². The van der Waals surface area contributed by atoms with E-state index in [0.29, 0.717) is 0 Å². The van der Waals surface area contributed by atoms with Crippen molar-refractivity contribution in [3.63, 3.8) is 0 Å². The molecule has 3 heteroatoms. The highest BCUT2D eigenvalue weighted by molar-refractivity contribution is 5.75. The van der Waals surface area contributed by atoms with Crippen molar-refractivity contribution in [1.29, 1.82) is 0 Å². The number of hydrogen-bond donors (Lipinski definition) is 1. The van der Waals surface area contributed by atoms with Gasteiger partial charge in [0.2, 0.25) is 0 Å². The quantitative estimate of drug-likeness (QED) is 0.775. The molecule has 0 radical (unpaired) electrons. The third-order valence-corrected chi connectivity index (χ3v) is 4.14. The van der Waals surface area contributed by atoms with Gasteiger partial charge >= 0.3 is 0 Å². The van der Waals surface area contributed by atoms with E-state index >= 15 is 0 Å². The summed E-state index contributed by atoms with van der Waals surface area (Å²) >= 11 is 0. The summed E-state index contributed by atoms with van der Waals surface area (Å²) in [5.41, 5.74) is 5.02. The highest BCUT2D eigenvalue weighted by atomic mass is 15.0. The first kappa shape index (κ1) is 12.6. The normalized spacial score (nSPS) is 14.7. The summed E-state index contributed by atoms with van der Waals surface area (Å²) in [7, 11) is 0. The van der Waals surface area contributed by atoms with Crippen LogP contribution in [0.2, 0.25) is 0 Å². The van der Waals surface area contributed by atoms with Crippen molar-refractivity contribution in [3.8, 4) is 0 Å². The van der Waals surface area contributed by atoms with Gasteiger partial charge in [-0.2, -0.15) is 0 Å². The average Bonchev–Trinajstić information content (AvgIpc) is 3.27. The second-order valence-electron chi connectivity index (χ2n) is 5.79. The Morgan fingerprint density at radius 2 is 1.76 bits per heavy atom. The molecule has 0 spiro atoms. The molecule has 1 fully saturated rings. The van der Waals surface area contributed by atoms with Gasteiger partial charge < -0.3 is 9.88 Å². The third kappa shape index (κ3) is 2.69. The molecular weight excluding hydrogens is 258 g/mol. The molecule has 3 aromatic rings. The van der Waals surface area contributed by atoms with E-state index in [0.717, 1.165) is 24.6 Å². The van der Waals surface area contributed by atoms with Gasteiger partial charge in [-0.05, 0) is 36.1 Å². The van der Waals surface area contributed by atoms with Crippen LogP contribution in [0.5, 0.6) is 0 Å². The van der Waals surface area contributed by atoms with Crippen LogP contribution in [-0.2, 0) is 13.1 Å². The molecule has 21 heavy (non-hydrogen) atoms. The number of benzene rings is 2. The van der Waals surface area contributed by atoms with Crippen molar-refractivity contribution in [2.45, 2.75) is 32.0 Å². The lowest BCUT2D eigenvalue weighted by Gasteiger charge is -2.11. The van der Waals surface area contributed by atoms with Gasteiger partial charge in [-0.3, -0.25) is 0 Å². The van der Waals surface area contributed by atoms with Crippen molar-refractivity contribution >= 4 is 11.0 Å². The number of para-hydroxylation sites is 2. The minimum Gasteiger partial charge on any atom is -0.326 e. The molecule has 1 heterocycles. The maximum absolute atomic E-state index is 4.48. The summed E-state index contributed by atoms with van der Waals surface area (Å²) in [5.74, 6) is 0. The maximum Gasteiger partial charge on any atom is 0.0961 e. The Hall–Kier alpha value is -2.13. The lowest BCUT2D eigenvalue weighted by atomic mass is 10.1. The number of imidazole rings is 1. The van der Waals surface area contributed by atoms with Crippen molar-refractivity contribution < 1.29 is 0 Å². The van der Waals surface area contributed by atoms with Crippen molar-refractivity contribution in [2.24, 2.45) is 0 Å². The molecule has 1 aliphatic rings. The van der Waals surface area contributed by atoms with Gasteiger partial charge in [-0.15, -0.1) is 0 Å². The lowest BCUT2D eigenvalue weighted by Crippen LogP contribution is -2.17. The van der Waals surface area contributed by atoms with Crippen LogP contribution in [0.3, 0.4) is 0 Å². The first-order valence-electron chi connectivity index (χ1n) is 7.60. The van der Waals surface area contributed by atoms with Gasteiger partial charge in [-0.1, -0.05) is 36.4 Å². The lowest BCUT2D eigenvalue weighted by molar-refractivity contribution is 0.677. The van der Waals surface area contributed by atoms with Crippen LogP contribution in [0, 0.1) is 0 Å². The number of fused-ring (bicyclic) bond motifs is 1. The summed E-state index contributed by atoms with van der Waals surface area (Å²) in [4.78, 5) is 4.48. The molecule has 106 valence electrons. The number of rotatable bonds is 5. The zero-order valence-electron chi connectivity index (χ0n) is 12.0. The predicted octanol–water partition coefficient (Wildman–Crippen LogP) is 3.34. The molecule has 0 unspecified atom stereocenters. The maximum atomic E-state index is 4.48. The molecule has 0 amide bonds. The standard InChI is InChI=1S/C18H19N3/c1-2-6-15(14(5-1)11-19-16-9-10-16)12-21-13-20-17-7-3-4-8-18(17)21/h1-8,13,16,19H,9-12H2. The number of nitrogens with one attached hydrogen (secondary N) is 1. The molecule has 2 aromatic carbocycles. The van der Waals surface area contributed by atoms with Gasteiger partial charge in [0, 0.05) is 19.1 Å². The minimum absolute atomic E-state index is 0.743. The second-order valence-corrected chi connectivity index (χ2v) is 5.79. The topological polar surface area (TPSA) is 29.9 Å². The SMILES string of the molecule is c1ccc(Cn2cnc3ccccc32)c(CNC2CC2)c1. The van der Waals surface area contributed by atoms with Gasteiger partial charge in [-0.25, -0.2) is 4.98 Å². The molecule has 1 aliphatic carbocycles. The zero-order chi connectivity index (χ0) is 14.1. The van der Waals surface area contributed by atoms with E-state index in [2.05, 4.69) is 57.3 Å². The minimum atomic E-state index is 0.743. The Morgan fingerprint density at radius 1 is 1.00 bits per heavy atom. The van der Waals surface area contributed by atoms with Gasteiger partial charge in [0.15, 0.2) is 0 Å². The molecule has 0 aliphatic heterocycles. The van der Waals surface area contributed by atoms with E-state index in [1.54, 1.807) is 0 Å². The molecule has 0 saturated heterocycles. The van der Waals surface area contributed by atoms with Gasteiger partial charge in [0.05, 0.1) is 17.4 Å². The van der Waals surface area contributed by atoms with Crippen molar-refractivity contribution in [1.82, 2.24) is 14.9 Å². The first-order chi connectivity index (χ1) is 10.4. The van der Waals surface area contributed by atoms with Crippen LogP contribution >= 0.6 is 0 Å². The van der Waals surface area contributed by atoms with Crippen LogP contribution in [0.25, 0.3) is 11.0 Å². The summed E-state index contributed by atoms with van der Waals surface area (Å²) in [6.45, 7) is 1.84. The van der Waals surface area contributed by atoms with Crippen LogP contribution in [0.15, 0.2) is 54.9 Å². The van der Waals surface area contributed by atoms with Crippen LogP contribution in [-0.4, -0.2) is 15.6 Å². The summed E-state index contributed by atoms with van der Waals surface area (Å²) < 4.78 is 2.23. The molecule has 0 bridgehead atoms. The third-order valence-electron chi connectivity index (χ3n) is 4.14. The molecule has 3 nitrogen and oxygen atoms in total. The first-order valence-corrected chi connectivity index (χ1v) is 7.60. The monoisotopic (exact) mass is 277 g/mol. The summed E-state index contributed by atoms with van der Waals surface area (Å²) in [5, 5.41) is 3.61. The second kappa shape index (κ2) is 5.34. The van der Waals surface area contributed by atoms with Crippen LogP contribution in [0.1, 0.15) is 24.0 Å². The van der Waals surface area contributed by atoms with E-state index in [1.807, 2.05) is 12.4 Å². The Balaban J connectivity index is 1.61. The Bertz CT molecular complexity index is 756. The van der Waals surface area contributed by atoms with Crippen LogP contribution < -0.4 is 5.32 Å². The van der Waals surface area contributed by atoms with E-state index in [-0.39, 0.29) is 0 Å². The molecular formula is C18H19N3. The van der Waals surface area contributed by atoms with Crippen LogP contribution in [0.4, 0.5) is 0 Å². The Morgan fingerprint density at radius 3 is 2.62 bits per heavy atom. The summed E-state index contributed by atoms with van der Waals surface area (Å²) in [6, 6.07) is 17.7. The zero-order valence-corrected chi connectivity index (χ0v) is 12.0. The van der Waals surface area contributed by atoms with E-state index in [1.165, 1.54) is 29.5 Å². The molecule has 1 N–H and O–H groups in total. The number of aromatic nitrogens is 2. The van der Waals surface area contributed by atoms with Crippen molar-refractivity contribution in [3.05, 3.63) is 66.0 Å². The van der Waals surface area contributed by atoms with Gasteiger partial charge in [0.25, 0.3) is 0 Å². The Labute approximate surface area is 124 Å². The molecule has 4 rings (SSSR count). The Kier molecular flexibility index (Phi) is 3.20. The smallest absolute Gasteiger partial charge is 0.0961 e. The molecule has 1 aromatic heterocycles. The fourth-order valence-corrected chi connectivity index (χ4v) is 2.75. The summed E-state index contributed by atoms with van der Waals surface area (Å²) in [6.07, 6.45) is 4.60. The molecule has 0 atom stereocenters. The van der Waals surface area contributed by atoms with Gasteiger partial charge in [0.1, 0.15) is 0 Å². The highest BCUT2D eigenvalue weighted by Gasteiger charge is 2.20. The molecule has 1 saturated carbocycles. The highest BCUT2D eigenvalue weighted by Crippen LogP contribution is 2.21. The number of hydrogen-bond acceptors (Lipinski definition) is 2. The largest absolute Gasteiger partial charge is 0.326 e. The fraction of sp³-hybridized carbons (Fsp3) is 0.278. The van der Waals surface area contributed by atoms with E-state index < -0.39 is 0 Å². The predicted molar refractivity (Wildman–Crippen MR) is 85.1 cm³/mol.